The maximum absolute atomic E-state index is 12.4. The van der Waals surface area contributed by atoms with Gasteiger partial charge in [-0.3, -0.25) is 9.59 Å². The van der Waals surface area contributed by atoms with Gasteiger partial charge in [-0.25, -0.2) is 0 Å². The normalized spacial score (nSPS) is 16.9. The average molecular weight is 334 g/mol. The van der Waals surface area contributed by atoms with Gasteiger partial charge in [0.1, 0.15) is 6.04 Å². The maximum atomic E-state index is 12.4. The predicted octanol–water partition coefficient (Wildman–Crippen LogP) is 2.15. The first-order valence-corrected chi connectivity index (χ1v) is 7.48. The first-order valence-electron chi connectivity index (χ1n) is 7.48. The molecule has 6 heteroatoms. The number of nitrogens with zero attached hydrogens (tertiary/aromatic N) is 1. The Morgan fingerprint density at radius 3 is 2.65 bits per heavy atom. The van der Waals surface area contributed by atoms with Crippen molar-refractivity contribution in [2.24, 2.45) is 5.73 Å². The molecule has 3 rings (SSSR count). The van der Waals surface area contributed by atoms with Crippen LogP contribution < -0.4 is 11.1 Å². The highest BCUT2D eigenvalue weighted by atomic mass is 35.5. The maximum Gasteiger partial charge on any atom is 0.247 e. The quantitative estimate of drug-likeness (QED) is 0.903. The van der Waals surface area contributed by atoms with Crippen molar-refractivity contribution in [3.05, 3.63) is 42.5 Å². The van der Waals surface area contributed by atoms with Gasteiger partial charge in [0.15, 0.2) is 0 Å². The lowest BCUT2D eigenvalue weighted by Crippen LogP contribution is -2.45. The number of likely N-dealkylation sites (tertiary alicyclic amines) is 1. The van der Waals surface area contributed by atoms with E-state index >= 15 is 0 Å². The van der Waals surface area contributed by atoms with Crippen LogP contribution in [0.3, 0.4) is 0 Å². The first-order chi connectivity index (χ1) is 10.7. The van der Waals surface area contributed by atoms with Gasteiger partial charge in [-0.2, -0.15) is 0 Å². The highest BCUT2D eigenvalue weighted by Gasteiger charge is 2.33. The van der Waals surface area contributed by atoms with Crippen molar-refractivity contribution >= 4 is 40.7 Å². The second-order valence-corrected chi connectivity index (χ2v) is 5.50. The fourth-order valence-electron chi connectivity index (χ4n) is 2.95. The molecule has 5 nitrogen and oxygen atoms in total. The minimum Gasteiger partial charge on any atom is -0.330 e. The lowest BCUT2D eigenvalue weighted by molar-refractivity contribution is -0.135. The van der Waals surface area contributed by atoms with Crippen molar-refractivity contribution in [2.75, 3.05) is 18.4 Å². The number of hydrogen-bond donors (Lipinski definition) is 2. The zero-order chi connectivity index (χ0) is 15.5. The molecule has 0 radical (unpaired) electrons. The number of nitrogens with two attached hydrogens (primary N) is 1. The zero-order valence-electron chi connectivity index (χ0n) is 12.7. The molecule has 0 spiro atoms. The van der Waals surface area contributed by atoms with Crippen molar-refractivity contribution in [1.82, 2.24) is 4.90 Å². The number of fused-ring (bicyclic) bond motifs is 1. The summed E-state index contributed by atoms with van der Waals surface area (Å²) >= 11 is 0. The number of halogens is 1. The Balaban J connectivity index is 0.00000192. The Labute approximate surface area is 141 Å². The number of benzene rings is 2. The smallest absolute Gasteiger partial charge is 0.247 e. The molecule has 0 unspecified atom stereocenters. The Morgan fingerprint density at radius 2 is 1.91 bits per heavy atom. The molecule has 0 aliphatic carbocycles. The molecule has 1 heterocycles. The van der Waals surface area contributed by atoms with E-state index in [1.54, 1.807) is 4.90 Å². The number of amides is 2. The van der Waals surface area contributed by atoms with Crippen LogP contribution in [0.5, 0.6) is 0 Å². The van der Waals surface area contributed by atoms with Crippen LogP contribution in [0.15, 0.2) is 42.5 Å². The van der Waals surface area contributed by atoms with Crippen LogP contribution in [0.1, 0.15) is 12.8 Å². The Morgan fingerprint density at radius 1 is 1.17 bits per heavy atom. The SMILES string of the molecule is Cl.NCC(=O)N1CCC[C@H]1C(=O)Nc1ccc2ccccc2c1. The van der Waals surface area contributed by atoms with Gasteiger partial charge in [0.2, 0.25) is 11.8 Å². The molecular weight excluding hydrogens is 314 g/mol. The molecule has 2 aromatic carbocycles. The van der Waals surface area contributed by atoms with Gasteiger partial charge in [0, 0.05) is 12.2 Å². The van der Waals surface area contributed by atoms with E-state index in [4.69, 9.17) is 5.73 Å². The van der Waals surface area contributed by atoms with Crippen LogP contribution >= 0.6 is 12.4 Å². The minimum absolute atomic E-state index is 0. The highest BCUT2D eigenvalue weighted by molar-refractivity contribution is 5.99. The summed E-state index contributed by atoms with van der Waals surface area (Å²) in [5.41, 5.74) is 6.15. The third kappa shape index (κ3) is 3.63. The van der Waals surface area contributed by atoms with Crippen molar-refractivity contribution in [3.63, 3.8) is 0 Å². The van der Waals surface area contributed by atoms with Crippen molar-refractivity contribution in [2.45, 2.75) is 18.9 Å². The summed E-state index contributed by atoms with van der Waals surface area (Å²) in [6, 6.07) is 13.4. The molecule has 1 aliphatic rings. The van der Waals surface area contributed by atoms with E-state index < -0.39 is 6.04 Å². The molecular formula is C17H20ClN3O2. The molecule has 0 bridgehead atoms. The fourth-order valence-corrected chi connectivity index (χ4v) is 2.95. The van der Waals surface area contributed by atoms with Gasteiger partial charge in [-0.1, -0.05) is 30.3 Å². The van der Waals surface area contributed by atoms with Crippen LogP contribution in [0, 0.1) is 0 Å². The number of carbonyl (C=O) groups is 2. The second kappa shape index (κ2) is 7.44. The number of anilines is 1. The molecule has 122 valence electrons. The predicted molar refractivity (Wildman–Crippen MR) is 93.6 cm³/mol. The number of rotatable bonds is 3. The summed E-state index contributed by atoms with van der Waals surface area (Å²) in [6.45, 7) is 0.547. The summed E-state index contributed by atoms with van der Waals surface area (Å²) in [4.78, 5) is 25.8. The molecule has 3 N–H and O–H groups in total. The van der Waals surface area contributed by atoms with Gasteiger partial charge in [0.25, 0.3) is 0 Å². The lowest BCUT2D eigenvalue weighted by atomic mass is 10.1. The van der Waals surface area contributed by atoms with Gasteiger partial charge in [-0.15, -0.1) is 12.4 Å². The molecule has 2 amide bonds. The topological polar surface area (TPSA) is 75.4 Å². The van der Waals surface area contributed by atoms with E-state index in [0.717, 1.165) is 22.9 Å². The summed E-state index contributed by atoms with van der Waals surface area (Å²) in [6.07, 6.45) is 1.52. The van der Waals surface area contributed by atoms with Crippen LogP contribution in [0.25, 0.3) is 10.8 Å². The lowest BCUT2D eigenvalue weighted by Gasteiger charge is -2.23. The van der Waals surface area contributed by atoms with E-state index in [2.05, 4.69) is 5.32 Å². The monoisotopic (exact) mass is 333 g/mol. The summed E-state index contributed by atoms with van der Waals surface area (Å²) in [7, 11) is 0. The van der Waals surface area contributed by atoms with Crippen LogP contribution in [-0.2, 0) is 9.59 Å². The van der Waals surface area contributed by atoms with Crippen LogP contribution in [0.4, 0.5) is 5.69 Å². The molecule has 0 aromatic heterocycles. The molecule has 1 aliphatic heterocycles. The van der Waals surface area contributed by atoms with Crippen molar-refractivity contribution in [1.29, 1.82) is 0 Å². The van der Waals surface area contributed by atoms with Crippen LogP contribution in [-0.4, -0.2) is 35.8 Å². The standard InChI is InChI=1S/C17H19N3O2.ClH/c18-11-16(21)20-9-3-6-15(20)17(22)19-14-8-7-12-4-1-2-5-13(12)10-14;/h1-2,4-5,7-8,10,15H,3,6,9,11,18H2,(H,19,22);1H/t15-;/m0./s1. The zero-order valence-corrected chi connectivity index (χ0v) is 13.5. The molecule has 1 atom stereocenters. The van der Waals surface area contributed by atoms with Gasteiger partial charge in [0.05, 0.1) is 6.54 Å². The Hall–Kier alpha value is -2.11. The van der Waals surface area contributed by atoms with Crippen molar-refractivity contribution in [3.8, 4) is 0 Å². The third-order valence-corrected chi connectivity index (χ3v) is 4.07. The molecule has 1 saturated heterocycles. The fraction of sp³-hybridized carbons (Fsp3) is 0.294. The molecule has 1 fully saturated rings. The average Bonchev–Trinajstić information content (AvgIpc) is 3.03. The van der Waals surface area contributed by atoms with Gasteiger partial charge >= 0.3 is 0 Å². The summed E-state index contributed by atoms with van der Waals surface area (Å²) < 4.78 is 0. The van der Waals surface area contributed by atoms with E-state index in [-0.39, 0.29) is 30.8 Å². The second-order valence-electron chi connectivity index (χ2n) is 5.50. The third-order valence-electron chi connectivity index (χ3n) is 4.07. The summed E-state index contributed by atoms with van der Waals surface area (Å²) in [5.74, 6) is -0.314. The number of hydrogen-bond acceptors (Lipinski definition) is 3. The number of carbonyl (C=O) groups excluding carboxylic acids is 2. The molecule has 23 heavy (non-hydrogen) atoms. The Bertz CT molecular complexity index is 720. The van der Waals surface area contributed by atoms with Crippen LogP contribution in [0.2, 0.25) is 0 Å². The largest absolute Gasteiger partial charge is 0.330 e. The van der Waals surface area contributed by atoms with Gasteiger partial charge < -0.3 is 16.0 Å². The molecule has 0 saturated carbocycles. The minimum atomic E-state index is -0.414. The van der Waals surface area contributed by atoms with E-state index in [0.29, 0.717) is 13.0 Å². The van der Waals surface area contributed by atoms with Crippen molar-refractivity contribution < 1.29 is 9.59 Å². The van der Waals surface area contributed by atoms with E-state index in [1.807, 2.05) is 42.5 Å². The summed E-state index contributed by atoms with van der Waals surface area (Å²) in [5, 5.41) is 5.11. The van der Waals surface area contributed by atoms with E-state index in [9.17, 15) is 9.59 Å². The number of nitrogens with one attached hydrogen (secondary N) is 1. The van der Waals surface area contributed by atoms with Gasteiger partial charge in [-0.05, 0) is 35.7 Å². The highest BCUT2D eigenvalue weighted by Crippen LogP contribution is 2.22. The van der Waals surface area contributed by atoms with E-state index in [1.165, 1.54) is 0 Å². The molecule has 2 aromatic rings. The first kappa shape index (κ1) is 17.2. The Kier molecular flexibility index (Phi) is 5.58.